The van der Waals surface area contributed by atoms with Gasteiger partial charge in [0.25, 0.3) is 0 Å². The van der Waals surface area contributed by atoms with E-state index in [4.69, 9.17) is 16.3 Å². The van der Waals surface area contributed by atoms with E-state index in [0.717, 1.165) is 25.7 Å². The molecule has 0 aliphatic heterocycles. The first-order valence-electron chi connectivity index (χ1n) is 7.41. The average Bonchev–Trinajstić information content (AvgIpc) is 2.73. The summed E-state index contributed by atoms with van der Waals surface area (Å²) in [5.74, 6) is -0.995. The SMILES string of the molecule is COC(=O)C(NC1CCCCCC1)c1c(F)cccc1Cl. The van der Waals surface area contributed by atoms with Crippen molar-refractivity contribution in [1.29, 1.82) is 0 Å². The Morgan fingerprint density at radius 1 is 1.33 bits per heavy atom. The molecule has 1 N–H and O–H groups in total. The van der Waals surface area contributed by atoms with E-state index in [0.29, 0.717) is 0 Å². The molecule has 2 rings (SSSR count). The van der Waals surface area contributed by atoms with Crippen LogP contribution in [0.2, 0.25) is 5.02 Å². The van der Waals surface area contributed by atoms with Crippen molar-refractivity contribution in [3.8, 4) is 0 Å². The van der Waals surface area contributed by atoms with Crippen LogP contribution in [0.15, 0.2) is 18.2 Å². The molecule has 0 saturated heterocycles. The highest BCUT2D eigenvalue weighted by atomic mass is 35.5. The molecule has 1 aliphatic rings. The lowest BCUT2D eigenvalue weighted by atomic mass is 10.0. The van der Waals surface area contributed by atoms with Gasteiger partial charge in [-0.25, -0.2) is 9.18 Å². The van der Waals surface area contributed by atoms with Gasteiger partial charge in [-0.2, -0.15) is 0 Å². The van der Waals surface area contributed by atoms with Gasteiger partial charge in [0.1, 0.15) is 11.9 Å². The summed E-state index contributed by atoms with van der Waals surface area (Å²) in [5.41, 5.74) is 0.176. The topological polar surface area (TPSA) is 38.3 Å². The molecule has 21 heavy (non-hydrogen) atoms. The Hall–Kier alpha value is -1.13. The summed E-state index contributed by atoms with van der Waals surface area (Å²) in [4.78, 5) is 12.1. The molecule has 1 unspecified atom stereocenters. The molecule has 0 heterocycles. The summed E-state index contributed by atoms with van der Waals surface area (Å²) in [7, 11) is 1.30. The third-order valence-corrected chi connectivity index (χ3v) is 4.31. The maximum Gasteiger partial charge on any atom is 0.327 e. The van der Waals surface area contributed by atoms with Gasteiger partial charge in [0.05, 0.1) is 7.11 Å². The molecule has 0 amide bonds. The number of carbonyl (C=O) groups excluding carboxylic acids is 1. The minimum atomic E-state index is -0.855. The van der Waals surface area contributed by atoms with E-state index in [-0.39, 0.29) is 16.6 Å². The number of hydrogen-bond donors (Lipinski definition) is 1. The molecule has 1 atom stereocenters. The van der Waals surface area contributed by atoms with Crippen LogP contribution in [0.1, 0.15) is 50.1 Å². The molecular formula is C16H21ClFNO2. The van der Waals surface area contributed by atoms with Gasteiger partial charge in [-0.05, 0) is 25.0 Å². The lowest BCUT2D eigenvalue weighted by Gasteiger charge is -2.24. The highest BCUT2D eigenvalue weighted by Gasteiger charge is 2.29. The smallest absolute Gasteiger partial charge is 0.327 e. The number of rotatable bonds is 4. The van der Waals surface area contributed by atoms with Crippen LogP contribution >= 0.6 is 11.6 Å². The zero-order chi connectivity index (χ0) is 15.2. The van der Waals surface area contributed by atoms with Crippen molar-refractivity contribution in [2.75, 3.05) is 7.11 Å². The van der Waals surface area contributed by atoms with E-state index >= 15 is 0 Å². The van der Waals surface area contributed by atoms with Gasteiger partial charge in [0.2, 0.25) is 0 Å². The van der Waals surface area contributed by atoms with Crippen molar-refractivity contribution < 1.29 is 13.9 Å². The van der Waals surface area contributed by atoms with Gasteiger partial charge in [-0.15, -0.1) is 0 Å². The molecule has 0 aromatic heterocycles. The van der Waals surface area contributed by atoms with Crippen LogP contribution in [0, 0.1) is 5.82 Å². The number of ether oxygens (including phenoxy) is 1. The Morgan fingerprint density at radius 2 is 2.00 bits per heavy atom. The zero-order valence-corrected chi connectivity index (χ0v) is 13.0. The van der Waals surface area contributed by atoms with Crippen LogP contribution in [-0.2, 0) is 9.53 Å². The Bertz CT molecular complexity index is 467. The number of nitrogens with one attached hydrogen (secondary N) is 1. The minimum absolute atomic E-state index is 0.176. The van der Waals surface area contributed by atoms with E-state index < -0.39 is 17.8 Å². The van der Waals surface area contributed by atoms with E-state index in [1.807, 2.05) is 0 Å². The molecule has 3 nitrogen and oxygen atoms in total. The van der Waals surface area contributed by atoms with Crippen molar-refractivity contribution in [2.45, 2.75) is 50.6 Å². The van der Waals surface area contributed by atoms with E-state index in [1.165, 1.54) is 32.1 Å². The third kappa shape index (κ3) is 4.17. The second-order valence-electron chi connectivity index (χ2n) is 5.45. The molecule has 0 bridgehead atoms. The Labute approximate surface area is 129 Å². The molecule has 1 fully saturated rings. The molecule has 1 saturated carbocycles. The maximum atomic E-state index is 14.1. The van der Waals surface area contributed by atoms with Crippen LogP contribution < -0.4 is 5.32 Å². The van der Waals surface area contributed by atoms with E-state index in [9.17, 15) is 9.18 Å². The highest BCUT2D eigenvalue weighted by Crippen LogP contribution is 2.29. The number of hydrogen-bond acceptors (Lipinski definition) is 3. The van der Waals surface area contributed by atoms with Gasteiger partial charge in [-0.3, -0.25) is 5.32 Å². The van der Waals surface area contributed by atoms with Crippen molar-refractivity contribution in [3.05, 3.63) is 34.6 Å². The molecule has 116 valence electrons. The fourth-order valence-electron chi connectivity index (χ4n) is 2.86. The lowest BCUT2D eigenvalue weighted by molar-refractivity contribution is -0.143. The predicted octanol–water partition coefficient (Wildman–Crippen LogP) is 4.01. The Kier molecular flexibility index (Phi) is 6.00. The second-order valence-corrected chi connectivity index (χ2v) is 5.85. The first-order chi connectivity index (χ1) is 10.1. The normalized spacial score (nSPS) is 18.0. The fraction of sp³-hybridized carbons (Fsp3) is 0.562. The first-order valence-corrected chi connectivity index (χ1v) is 7.79. The molecular weight excluding hydrogens is 293 g/mol. The number of methoxy groups -OCH3 is 1. The van der Waals surface area contributed by atoms with Gasteiger partial charge in [0, 0.05) is 16.6 Å². The van der Waals surface area contributed by atoms with E-state index in [1.54, 1.807) is 6.07 Å². The summed E-state index contributed by atoms with van der Waals surface area (Å²) in [6.07, 6.45) is 6.63. The Balaban J connectivity index is 2.24. The van der Waals surface area contributed by atoms with Crippen LogP contribution in [0.4, 0.5) is 4.39 Å². The Morgan fingerprint density at radius 3 is 2.57 bits per heavy atom. The molecule has 1 aliphatic carbocycles. The maximum absolute atomic E-state index is 14.1. The summed E-state index contributed by atoms with van der Waals surface area (Å²) in [5, 5.41) is 3.49. The summed E-state index contributed by atoms with van der Waals surface area (Å²) in [6.45, 7) is 0. The average molecular weight is 314 g/mol. The zero-order valence-electron chi connectivity index (χ0n) is 12.2. The summed E-state index contributed by atoms with van der Waals surface area (Å²) in [6, 6.07) is 3.76. The highest BCUT2D eigenvalue weighted by molar-refractivity contribution is 6.31. The van der Waals surface area contributed by atoms with Crippen LogP contribution in [0.5, 0.6) is 0 Å². The fourth-order valence-corrected chi connectivity index (χ4v) is 3.13. The monoisotopic (exact) mass is 313 g/mol. The van der Waals surface area contributed by atoms with Crippen LogP contribution in [0.25, 0.3) is 0 Å². The van der Waals surface area contributed by atoms with Crippen LogP contribution in [0.3, 0.4) is 0 Å². The number of esters is 1. The molecule has 1 aromatic rings. The first kappa shape index (κ1) is 16.2. The van der Waals surface area contributed by atoms with Crippen molar-refractivity contribution >= 4 is 17.6 Å². The van der Waals surface area contributed by atoms with Crippen molar-refractivity contribution in [3.63, 3.8) is 0 Å². The minimum Gasteiger partial charge on any atom is -0.468 e. The third-order valence-electron chi connectivity index (χ3n) is 3.98. The quantitative estimate of drug-likeness (QED) is 0.674. The molecule has 5 heteroatoms. The standard InChI is InChI=1S/C16H21ClFNO2/c1-21-16(20)15(14-12(17)9-6-10-13(14)18)19-11-7-4-2-3-5-8-11/h6,9-11,15,19H,2-5,7-8H2,1H3. The number of halogens is 2. The van der Waals surface area contributed by atoms with Crippen molar-refractivity contribution in [1.82, 2.24) is 5.32 Å². The largest absolute Gasteiger partial charge is 0.468 e. The number of carbonyl (C=O) groups is 1. The molecule has 0 spiro atoms. The number of benzene rings is 1. The molecule has 1 aromatic carbocycles. The van der Waals surface area contributed by atoms with Gasteiger partial charge in [0.15, 0.2) is 0 Å². The second kappa shape index (κ2) is 7.76. The van der Waals surface area contributed by atoms with Gasteiger partial charge >= 0.3 is 5.97 Å². The van der Waals surface area contributed by atoms with E-state index in [2.05, 4.69) is 5.32 Å². The van der Waals surface area contributed by atoms with Crippen LogP contribution in [-0.4, -0.2) is 19.1 Å². The van der Waals surface area contributed by atoms with Gasteiger partial charge < -0.3 is 4.74 Å². The molecule has 0 radical (unpaired) electrons. The summed E-state index contributed by atoms with van der Waals surface area (Å²) >= 11 is 6.09. The van der Waals surface area contributed by atoms with Gasteiger partial charge in [-0.1, -0.05) is 43.4 Å². The van der Waals surface area contributed by atoms with Crippen molar-refractivity contribution in [2.24, 2.45) is 0 Å². The summed E-state index contributed by atoms with van der Waals surface area (Å²) < 4.78 is 18.9. The lowest BCUT2D eigenvalue weighted by Crippen LogP contribution is -2.38. The predicted molar refractivity (Wildman–Crippen MR) is 80.8 cm³/mol.